The van der Waals surface area contributed by atoms with E-state index in [1.807, 2.05) is 49.4 Å². The molecule has 27 heavy (non-hydrogen) atoms. The van der Waals surface area contributed by atoms with Crippen molar-refractivity contribution in [2.45, 2.75) is 57.2 Å². The summed E-state index contributed by atoms with van der Waals surface area (Å²) in [6.07, 6.45) is 6.27. The molecule has 1 aromatic heterocycles. The fourth-order valence-electron chi connectivity index (χ4n) is 4.35. The summed E-state index contributed by atoms with van der Waals surface area (Å²) in [4.78, 5) is 19.3. The van der Waals surface area contributed by atoms with Crippen LogP contribution in [0.2, 0.25) is 0 Å². The summed E-state index contributed by atoms with van der Waals surface area (Å²) in [6, 6.07) is 14.1. The molecule has 3 heterocycles. The van der Waals surface area contributed by atoms with Gasteiger partial charge in [0, 0.05) is 37.2 Å². The third-order valence-electron chi connectivity index (χ3n) is 5.49. The molecule has 1 aromatic carbocycles. The minimum absolute atomic E-state index is 0.145. The standard InChI is InChI=1S/C22H26N2O3/c1-2-26-19-10-6-16(7-11-19)13-22(25)24-17-8-9-18(24)15-20(14-17)27-21-5-3-4-12-23-21/h3-7,10-12,17-18,20H,2,8-9,13-15H2,1H3. The largest absolute Gasteiger partial charge is 0.494 e. The fraction of sp³-hybridized carbons (Fsp3) is 0.455. The van der Waals surface area contributed by atoms with Crippen LogP contribution in [0.25, 0.3) is 0 Å². The lowest BCUT2D eigenvalue weighted by Crippen LogP contribution is -2.49. The van der Waals surface area contributed by atoms with Crippen LogP contribution in [-0.2, 0) is 11.2 Å². The number of hydrogen-bond donors (Lipinski definition) is 0. The van der Waals surface area contributed by atoms with E-state index in [0.717, 1.165) is 37.0 Å². The first-order valence-corrected chi connectivity index (χ1v) is 9.83. The molecular formula is C22H26N2O3. The van der Waals surface area contributed by atoms with Crippen LogP contribution in [0.15, 0.2) is 48.7 Å². The lowest BCUT2D eigenvalue weighted by molar-refractivity contribution is -0.136. The average Bonchev–Trinajstić information content (AvgIpc) is 2.95. The van der Waals surface area contributed by atoms with Crippen LogP contribution in [0, 0.1) is 0 Å². The Bertz CT molecular complexity index is 749. The second-order valence-electron chi connectivity index (χ2n) is 7.32. The minimum atomic E-state index is 0.145. The Morgan fingerprint density at radius 2 is 1.85 bits per heavy atom. The number of ether oxygens (including phenoxy) is 2. The third-order valence-corrected chi connectivity index (χ3v) is 5.49. The normalized spacial score (nSPS) is 23.9. The minimum Gasteiger partial charge on any atom is -0.494 e. The van der Waals surface area contributed by atoms with E-state index in [1.165, 1.54) is 0 Å². The first-order chi connectivity index (χ1) is 13.2. The van der Waals surface area contributed by atoms with Gasteiger partial charge in [-0.05, 0) is 43.5 Å². The van der Waals surface area contributed by atoms with Gasteiger partial charge in [0.05, 0.1) is 13.0 Å². The second-order valence-corrected chi connectivity index (χ2v) is 7.32. The number of amides is 1. The van der Waals surface area contributed by atoms with Crippen molar-refractivity contribution in [1.82, 2.24) is 9.88 Å². The highest BCUT2D eigenvalue weighted by Crippen LogP contribution is 2.37. The molecule has 4 rings (SSSR count). The summed E-state index contributed by atoms with van der Waals surface area (Å²) >= 11 is 0. The van der Waals surface area contributed by atoms with Crippen molar-refractivity contribution in [1.29, 1.82) is 0 Å². The number of carbonyl (C=O) groups excluding carboxylic acids is 1. The lowest BCUT2D eigenvalue weighted by Gasteiger charge is -2.38. The molecule has 2 atom stereocenters. The number of rotatable bonds is 6. The number of benzene rings is 1. The van der Waals surface area contributed by atoms with Crippen molar-refractivity contribution in [3.63, 3.8) is 0 Å². The van der Waals surface area contributed by atoms with Crippen LogP contribution in [0.5, 0.6) is 11.6 Å². The number of piperidine rings is 1. The number of aromatic nitrogens is 1. The van der Waals surface area contributed by atoms with Crippen LogP contribution >= 0.6 is 0 Å². The van der Waals surface area contributed by atoms with Crippen LogP contribution in [0.4, 0.5) is 0 Å². The van der Waals surface area contributed by atoms with Crippen LogP contribution in [0.1, 0.15) is 38.2 Å². The van der Waals surface area contributed by atoms with Gasteiger partial charge in [-0.2, -0.15) is 0 Å². The van der Waals surface area contributed by atoms with Gasteiger partial charge < -0.3 is 14.4 Å². The van der Waals surface area contributed by atoms with Gasteiger partial charge in [-0.15, -0.1) is 0 Å². The van der Waals surface area contributed by atoms with Crippen LogP contribution in [0.3, 0.4) is 0 Å². The first kappa shape index (κ1) is 17.8. The van der Waals surface area contributed by atoms with Gasteiger partial charge in [0.25, 0.3) is 0 Å². The summed E-state index contributed by atoms with van der Waals surface area (Å²) < 4.78 is 11.5. The Morgan fingerprint density at radius 1 is 1.11 bits per heavy atom. The van der Waals surface area contributed by atoms with E-state index in [1.54, 1.807) is 6.20 Å². The van der Waals surface area contributed by atoms with Gasteiger partial charge in [-0.25, -0.2) is 4.98 Å². The zero-order chi connectivity index (χ0) is 18.6. The first-order valence-electron chi connectivity index (χ1n) is 9.83. The molecule has 0 saturated carbocycles. The maximum Gasteiger partial charge on any atom is 0.227 e. The summed E-state index contributed by atoms with van der Waals surface area (Å²) in [7, 11) is 0. The van der Waals surface area contributed by atoms with Crippen molar-refractivity contribution in [2.75, 3.05) is 6.61 Å². The molecule has 0 spiro atoms. The Hall–Kier alpha value is -2.56. The van der Waals surface area contributed by atoms with Gasteiger partial charge >= 0.3 is 0 Å². The monoisotopic (exact) mass is 366 g/mol. The average molecular weight is 366 g/mol. The predicted molar refractivity (Wildman–Crippen MR) is 103 cm³/mol. The van der Waals surface area contributed by atoms with Gasteiger partial charge in [0.2, 0.25) is 11.8 Å². The zero-order valence-electron chi connectivity index (χ0n) is 15.7. The number of nitrogens with zero attached hydrogens (tertiary/aromatic N) is 2. The molecule has 2 bridgehead atoms. The predicted octanol–water partition coefficient (Wildman–Crippen LogP) is 3.62. The molecule has 1 amide bonds. The van der Waals surface area contributed by atoms with Gasteiger partial charge in [0.15, 0.2) is 0 Å². The van der Waals surface area contributed by atoms with Crippen molar-refractivity contribution in [3.8, 4) is 11.6 Å². The SMILES string of the molecule is CCOc1ccc(CC(=O)N2C3CCC2CC(Oc2ccccn2)C3)cc1. The van der Waals surface area contributed by atoms with Crippen molar-refractivity contribution in [3.05, 3.63) is 54.2 Å². The Morgan fingerprint density at radius 3 is 2.48 bits per heavy atom. The van der Waals surface area contributed by atoms with Gasteiger partial charge in [0.1, 0.15) is 11.9 Å². The van der Waals surface area contributed by atoms with E-state index in [9.17, 15) is 4.79 Å². The van der Waals surface area contributed by atoms with Crippen molar-refractivity contribution >= 4 is 5.91 Å². The summed E-state index contributed by atoms with van der Waals surface area (Å²) in [5.74, 6) is 1.75. The molecule has 0 radical (unpaired) electrons. The highest BCUT2D eigenvalue weighted by molar-refractivity contribution is 5.80. The van der Waals surface area contributed by atoms with E-state index in [0.29, 0.717) is 18.9 Å². The topological polar surface area (TPSA) is 51.7 Å². The summed E-state index contributed by atoms with van der Waals surface area (Å²) in [6.45, 7) is 2.62. The maximum absolute atomic E-state index is 12.9. The van der Waals surface area contributed by atoms with E-state index in [-0.39, 0.29) is 24.1 Å². The molecule has 5 nitrogen and oxygen atoms in total. The molecule has 2 aliphatic rings. The van der Waals surface area contributed by atoms with E-state index in [2.05, 4.69) is 9.88 Å². The highest BCUT2D eigenvalue weighted by atomic mass is 16.5. The molecule has 2 unspecified atom stereocenters. The number of carbonyl (C=O) groups is 1. The smallest absolute Gasteiger partial charge is 0.227 e. The summed E-state index contributed by atoms with van der Waals surface area (Å²) in [5.41, 5.74) is 1.04. The lowest BCUT2D eigenvalue weighted by atomic mass is 9.98. The molecule has 142 valence electrons. The van der Waals surface area contributed by atoms with Crippen LogP contribution in [-0.4, -0.2) is 40.6 Å². The van der Waals surface area contributed by atoms with Crippen molar-refractivity contribution < 1.29 is 14.3 Å². The van der Waals surface area contributed by atoms with E-state index < -0.39 is 0 Å². The Kier molecular flexibility index (Phi) is 5.28. The van der Waals surface area contributed by atoms with Crippen LogP contribution < -0.4 is 9.47 Å². The van der Waals surface area contributed by atoms with E-state index in [4.69, 9.17) is 9.47 Å². The van der Waals surface area contributed by atoms with Gasteiger partial charge in [-0.3, -0.25) is 4.79 Å². The Balaban J connectivity index is 1.36. The highest BCUT2D eigenvalue weighted by Gasteiger charge is 2.43. The number of hydrogen-bond acceptors (Lipinski definition) is 4. The zero-order valence-corrected chi connectivity index (χ0v) is 15.7. The number of fused-ring (bicyclic) bond motifs is 2. The Labute approximate surface area is 160 Å². The fourth-order valence-corrected chi connectivity index (χ4v) is 4.35. The molecule has 0 aliphatic carbocycles. The molecule has 2 fully saturated rings. The third kappa shape index (κ3) is 4.07. The van der Waals surface area contributed by atoms with E-state index >= 15 is 0 Å². The molecule has 2 aromatic rings. The molecule has 5 heteroatoms. The second kappa shape index (κ2) is 7.99. The quantitative estimate of drug-likeness (QED) is 0.783. The van der Waals surface area contributed by atoms with Gasteiger partial charge in [-0.1, -0.05) is 18.2 Å². The molecular weight excluding hydrogens is 340 g/mol. The molecule has 2 saturated heterocycles. The maximum atomic E-state index is 12.9. The molecule has 2 aliphatic heterocycles. The summed E-state index contributed by atoms with van der Waals surface area (Å²) in [5, 5.41) is 0. The molecule has 0 N–H and O–H groups in total. The number of pyridine rings is 1. The van der Waals surface area contributed by atoms with Crippen molar-refractivity contribution in [2.24, 2.45) is 0 Å².